The number of benzene rings is 3. The Kier molecular flexibility index (Phi) is 7.44. The molecule has 3 aromatic carbocycles. The SMILES string of the molecule is CN1CCN(C(=O)c2ccccc2CSc2nnc(Cc3ccccc3)n2-c2ccc(F)cc2)CC1. The number of piperazine rings is 1. The van der Waals surface area contributed by atoms with Gasteiger partial charge in [-0.1, -0.05) is 60.3 Å². The summed E-state index contributed by atoms with van der Waals surface area (Å²) in [7, 11) is 2.08. The van der Waals surface area contributed by atoms with Crippen molar-refractivity contribution < 1.29 is 9.18 Å². The lowest BCUT2D eigenvalue weighted by Crippen LogP contribution is -2.47. The van der Waals surface area contributed by atoms with E-state index in [1.54, 1.807) is 12.1 Å². The summed E-state index contributed by atoms with van der Waals surface area (Å²) in [6.07, 6.45) is 0.601. The highest BCUT2D eigenvalue weighted by Gasteiger charge is 2.23. The molecule has 0 saturated carbocycles. The molecule has 184 valence electrons. The van der Waals surface area contributed by atoms with Gasteiger partial charge in [-0.15, -0.1) is 10.2 Å². The lowest BCUT2D eigenvalue weighted by molar-refractivity contribution is 0.0663. The van der Waals surface area contributed by atoms with Crippen LogP contribution in [-0.4, -0.2) is 63.7 Å². The molecular formula is C28H28FN5OS. The minimum Gasteiger partial charge on any atom is -0.336 e. The number of aromatic nitrogens is 3. The van der Waals surface area contributed by atoms with E-state index >= 15 is 0 Å². The van der Waals surface area contributed by atoms with Crippen LogP contribution >= 0.6 is 11.8 Å². The van der Waals surface area contributed by atoms with Crippen LogP contribution in [0.4, 0.5) is 4.39 Å². The maximum Gasteiger partial charge on any atom is 0.254 e. The molecular weight excluding hydrogens is 473 g/mol. The van der Waals surface area contributed by atoms with Gasteiger partial charge in [0.05, 0.1) is 0 Å². The summed E-state index contributed by atoms with van der Waals surface area (Å²) >= 11 is 1.53. The van der Waals surface area contributed by atoms with Crippen LogP contribution in [0.5, 0.6) is 0 Å². The summed E-state index contributed by atoms with van der Waals surface area (Å²) in [6.45, 7) is 3.23. The summed E-state index contributed by atoms with van der Waals surface area (Å²) in [5.74, 6) is 1.13. The van der Waals surface area contributed by atoms with Crippen LogP contribution in [0.3, 0.4) is 0 Å². The second kappa shape index (κ2) is 11.1. The molecule has 0 aliphatic carbocycles. The molecule has 1 aromatic heterocycles. The Bertz CT molecular complexity index is 1320. The average molecular weight is 502 g/mol. The monoisotopic (exact) mass is 501 g/mol. The quantitative estimate of drug-likeness (QED) is 0.344. The molecule has 6 nitrogen and oxygen atoms in total. The molecule has 0 atom stereocenters. The van der Waals surface area contributed by atoms with Gasteiger partial charge >= 0.3 is 0 Å². The van der Waals surface area contributed by atoms with Gasteiger partial charge < -0.3 is 9.80 Å². The Hall–Kier alpha value is -3.49. The van der Waals surface area contributed by atoms with Crippen molar-refractivity contribution >= 4 is 17.7 Å². The van der Waals surface area contributed by atoms with Crippen molar-refractivity contribution in [1.82, 2.24) is 24.6 Å². The van der Waals surface area contributed by atoms with Gasteiger partial charge in [0.2, 0.25) is 0 Å². The number of rotatable bonds is 7. The number of carbonyl (C=O) groups excluding carboxylic acids is 1. The lowest BCUT2D eigenvalue weighted by atomic mass is 10.1. The minimum atomic E-state index is -0.290. The predicted molar refractivity (Wildman–Crippen MR) is 140 cm³/mol. The van der Waals surface area contributed by atoms with Crippen molar-refractivity contribution in [2.24, 2.45) is 0 Å². The Morgan fingerprint density at radius 1 is 0.889 bits per heavy atom. The molecule has 2 heterocycles. The van der Waals surface area contributed by atoms with E-state index in [-0.39, 0.29) is 11.7 Å². The first-order valence-corrected chi connectivity index (χ1v) is 13.0. The summed E-state index contributed by atoms with van der Waals surface area (Å²) in [4.78, 5) is 17.5. The highest BCUT2D eigenvalue weighted by Crippen LogP contribution is 2.28. The van der Waals surface area contributed by atoms with Crippen molar-refractivity contribution in [2.75, 3.05) is 33.2 Å². The van der Waals surface area contributed by atoms with E-state index in [1.165, 1.54) is 23.9 Å². The van der Waals surface area contributed by atoms with Gasteiger partial charge in [0.15, 0.2) is 5.16 Å². The van der Waals surface area contributed by atoms with Gasteiger partial charge in [0.25, 0.3) is 5.91 Å². The number of amides is 1. The zero-order chi connectivity index (χ0) is 24.9. The van der Waals surface area contributed by atoms with Crippen molar-refractivity contribution in [3.63, 3.8) is 0 Å². The van der Waals surface area contributed by atoms with Crippen LogP contribution in [0.1, 0.15) is 27.3 Å². The van der Waals surface area contributed by atoms with Gasteiger partial charge in [0, 0.05) is 49.6 Å². The highest BCUT2D eigenvalue weighted by atomic mass is 32.2. The number of halogens is 1. The third kappa shape index (κ3) is 5.50. The first-order valence-electron chi connectivity index (χ1n) is 12.0. The smallest absolute Gasteiger partial charge is 0.254 e. The van der Waals surface area contributed by atoms with Crippen molar-refractivity contribution in [1.29, 1.82) is 0 Å². The summed E-state index contributed by atoms with van der Waals surface area (Å²) in [6, 6.07) is 24.2. The van der Waals surface area contributed by atoms with E-state index in [0.29, 0.717) is 17.3 Å². The van der Waals surface area contributed by atoms with Gasteiger partial charge in [0.1, 0.15) is 11.6 Å². The molecule has 0 bridgehead atoms. The minimum absolute atomic E-state index is 0.0732. The maximum absolute atomic E-state index is 13.7. The third-order valence-corrected chi connectivity index (χ3v) is 7.36. The molecule has 1 saturated heterocycles. The molecule has 0 N–H and O–H groups in total. The number of carbonyl (C=O) groups is 1. The van der Waals surface area contributed by atoms with E-state index in [2.05, 4.69) is 34.3 Å². The molecule has 4 aromatic rings. The fraction of sp³-hybridized carbons (Fsp3) is 0.250. The molecule has 1 aliphatic rings. The van der Waals surface area contributed by atoms with Crippen LogP contribution in [0.2, 0.25) is 0 Å². The first kappa shape index (κ1) is 24.2. The standard InChI is InChI=1S/C28H28FN5OS/c1-32-15-17-33(18-16-32)27(35)25-10-6-5-9-22(25)20-36-28-31-30-26(19-21-7-3-2-4-8-21)34(28)24-13-11-23(29)12-14-24/h2-14H,15-20H2,1H3. The lowest BCUT2D eigenvalue weighted by Gasteiger charge is -2.32. The van der Waals surface area contributed by atoms with E-state index in [1.807, 2.05) is 51.9 Å². The van der Waals surface area contributed by atoms with E-state index in [9.17, 15) is 9.18 Å². The van der Waals surface area contributed by atoms with Gasteiger partial charge in [-0.05, 0) is 48.5 Å². The Morgan fingerprint density at radius 3 is 2.33 bits per heavy atom. The van der Waals surface area contributed by atoms with E-state index < -0.39 is 0 Å². The van der Waals surface area contributed by atoms with Crippen LogP contribution in [-0.2, 0) is 12.2 Å². The zero-order valence-corrected chi connectivity index (χ0v) is 21.0. The largest absolute Gasteiger partial charge is 0.336 e. The summed E-state index contributed by atoms with van der Waals surface area (Å²) in [5, 5.41) is 9.66. The predicted octanol–water partition coefficient (Wildman–Crippen LogP) is 4.68. The second-order valence-electron chi connectivity index (χ2n) is 8.91. The van der Waals surface area contributed by atoms with E-state index in [4.69, 9.17) is 0 Å². The van der Waals surface area contributed by atoms with Crippen molar-refractivity contribution in [2.45, 2.75) is 17.3 Å². The summed E-state index contributed by atoms with van der Waals surface area (Å²) < 4.78 is 15.6. The summed E-state index contributed by atoms with van der Waals surface area (Å²) in [5.41, 5.74) is 3.61. The number of likely N-dealkylation sites (N-methyl/N-ethyl adjacent to an activating group) is 1. The number of hydrogen-bond donors (Lipinski definition) is 0. The molecule has 0 unspecified atom stereocenters. The molecule has 1 fully saturated rings. The molecule has 0 radical (unpaired) electrons. The first-order chi connectivity index (χ1) is 17.6. The van der Waals surface area contributed by atoms with Crippen molar-refractivity contribution in [3.05, 3.63) is 107 Å². The number of nitrogens with zero attached hydrogens (tertiary/aromatic N) is 5. The van der Waals surface area contributed by atoms with Crippen LogP contribution in [0, 0.1) is 5.82 Å². The van der Waals surface area contributed by atoms with Crippen LogP contribution < -0.4 is 0 Å². The molecule has 1 amide bonds. The molecule has 8 heteroatoms. The number of thioether (sulfide) groups is 1. The average Bonchev–Trinajstić information content (AvgIpc) is 3.31. The Morgan fingerprint density at radius 2 is 1.58 bits per heavy atom. The topological polar surface area (TPSA) is 54.3 Å². The molecule has 36 heavy (non-hydrogen) atoms. The maximum atomic E-state index is 13.7. The number of hydrogen-bond acceptors (Lipinski definition) is 5. The second-order valence-corrected chi connectivity index (χ2v) is 9.86. The molecule has 5 rings (SSSR count). The fourth-order valence-corrected chi connectivity index (χ4v) is 5.29. The fourth-order valence-electron chi connectivity index (χ4n) is 4.31. The van der Waals surface area contributed by atoms with Gasteiger partial charge in [-0.2, -0.15) is 0 Å². The van der Waals surface area contributed by atoms with Gasteiger partial charge in [-0.25, -0.2) is 4.39 Å². The third-order valence-electron chi connectivity index (χ3n) is 6.39. The molecule has 1 aliphatic heterocycles. The van der Waals surface area contributed by atoms with Crippen LogP contribution in [0.25, 0.3) is 5.69 Å². The van der Waals surface area contributed by atoms with Crippen molar-refractivity contribution in [3.8, 4) is 5.69 Å². The Labute approximate surface area is 214 Å². The van der Waals surface area contributed by atoms with Crippen LogP contribution in [0.15, 0.2) is 84.0 Å². The normalized spacial score (nSPS) is 14.2. The zero-order valence-electron chi connectivity index (χ0n) is 20.2. The van der Waals surface area contributed by atoms with Gasteiger partial charge in [-0.3, -0.25) is 9.36 Å². The Balaban J connectivity index is 1.40. The van der Waals surface area contributed by atoms with E-state index in [0.717, 1.165) is 54.4 Å². The molecule has 0 spiro atoms. The highest BCUT2D eigenvalue weighted by molar-refractivity contribution is 7.98.